The number of aryl methyl sites for hydroxylation is 1. The first-order chi connectivity index (χ1) is 13.5. The molecule has 1 aliphatic carbocycles. The number of benzene rings is 1. The summed E-state index contributed by atoms with van der Waals surface area (Å²) in [6.07, 6.45) is 6.06. The number of carbonyl (C=O) groups excluding carboxylic acids is 2. The molecule has 1 fully saturated rings. The Labute approximate surface area is 163 Å². The highest BCUT2D eigenvalue weighted by Gasteiger charge is 2.23. The Hall–Kier alpha value is -2.70. The second-order valence-electron chi connectivity index (χ2n) is 7.83. The molecule has 2 aliphatic rings. The van der Waals surface area contributed by atoms with Gasteiger partial charge in [0.2, 0.25) is 0 Å². The molecule has 0 unspecified atom stereocenters. The molecule has 148 valence electrons. The van der Waals surface area contributed by atoms with E-state index in [4.69, 9.17) is 4.74 Å². The van der Waals surface area contributed by atoms with E-state index in [-0.39, 0.29) is 24.1 Å². The Morgan fingerprint density at radius 3 is 2.89 bits per heavy atom. The summed E-state index contributed by atoms with van der Waals surface area (Å²) in [4.78, 5) is 41.5. The molecule has 2 aromatic rings. The molecule has 1 N–H and O–H groups in total. The predicted molar refractivity (Wildman–Crippen MR) is 104 cm³/mol. The number of amides is 1. The Kier molecular flexibility index (Phi) is 5.15. The van der Waals surface area contributed by atoms with Gasteiger partial charge in [-0.2, -0.15) is 0 Å². The summed E-state index contributed by atoms with van der Waals surface area (Å²) in [7, 11) is 0. The average Bonchev–Trinajstić information content (AvgIpc) is 3.16. The van der Waals surface area contributed by atoms with Crippen LogP contribution in [0.1, 0.15) is 55.2 Å². The van der Waals surface area contributed by atoms with Crippen LogP contribution in [0, 0.1) is 5.92 Å². The molecule has 1 aliphatic heterocycles. The number of hydrogen-bond donors (Lipinski definition) is 1. The van der Waals surface area contributed by atoms with E-state index in [1.54, 1.807) is 22.8 Å². The van der Waals surface area contributed by atoms with Crippen LogP contribution in [-0.4, -0.2) is 34.1 Å². The highest BCUT2D eigenvalue weighted by molar-refractivity contribution is 5.95. The number of esters is 1. The number of fused-ring (bicyclic) bond motifs is 2. The van der Waals surface area contributed by atoms with Crippen LogP contribution in [0.5, 0.6) is 0 Å². The third kappa shape index (κ3) is 3.66. The van der Waals surface area contributed by atoms with Crippen molar-refractivity contribution in [2.45, 2.75) is 58.0 Å². The van der Waals surface area contributed by atoms with E-state index >= 15 is 0 Å². The van der Waals surface area contributed by atoms with Crippen molar-refractivity contribution in [1.29, 1.82) is 0 Å². The van der Waals surface area contributed by atoms with Gasteiger partial charge in [-0.1, -0.05) is 19.8 Å². The maximum Gasteiger partial charge on any atom is 0.338 e. The number of hydrogen-bond acceptors (Lipinski definition) is 5. The van der Waals surface area contributed by atoms with E-state index in [0.29, 0.717) is 28.9 Å². The van der Waals surface area contributed by atoms with E-state index in [1.165, 1.54) is 6.42 Å². The van der Waals surface area contributed by atoms with Gasteiger partial charge in [-0.15, -0.1) is 0 Å². The Bertz CT molecular complexity index is 982. The van der Waals surface area contributed by atoms with Crippen molar-refractivity contribution < 1.29 is 14.3 Å². The van der Waals surface area contributed by atoms with Crippen LogP contribution < -0.4 is 10.9 Å². The maximum atomic E-state index is 12.5. The Morgan fingerprint density at radius 1 is 1.25 bits per heavy atom. The van der Waals surface area contributed by atoms with Crippen molar-refractivity contribution in [1.82, 2.24) is 14.9 Å². The molecule has 1 aromatic heterocycles. The van der Waals surface area contributed by atoms with E-state index in [1.807, 2.05) is 0 Å². The highest BCUT2D eigenvalue weighted by Crippen LogP contribution is 2.23. The zero-order chi connectivity index (χ0) is 19.7. The van der Waals surface area contributed by atoms with E-state index < -0.39 is 5.97 Å². The summed E-state index contributed by atoms with van der Waals surface area (Å²) in [5.41, 5.74) is 0.715. The number of nitrogens with one attached hydrogen (secondary N) is 1. The topological polar surface area (TPSA) is 90.3 Å². The molecule has 7 nitrogen and oxygen atoms in total. The lowest BCUT2D eigenvalue weighted by molar-refractivity contribution is -0.125. The monoisotopic (exact) mass is 383 g/mol. The lowest BCUT2D eigenvalue weighted by Gasteiger charge is -2.29. The quantitative estimate of drug-likeness (QED) is 0.818. The fourth-order valence-corrected chi connectivity index (χ4v) is 4.20. The Morgan fingerprint density at radius 2 is 2.07 bits per heavy atom. The van der Waals surface area contributed by atoms with Gasteiger partial charge in [0.1, 0.15) is 5.82 Å². The number of nitrogens with zero attached hydrogens (tertiary/aromatic N) is 2. The van der Waals surface area contributed by atoms with Gasteiger partial charge in [0, 0.05) is 19.0 Å². The molecule has 0 radical (unpaired) electrons. The second-order valence-corrected chi connectivity index (χ2v) is 7.83. The average molecular weight is 383 g/mol. The molecule has 1 amide bonds. The van der Waals surface area contributed by atoms with Crippen molar-refractivity contribution in [2.75, 3.05) is 6.61 Å². The molecule has 0 spiro atoms. The van der Waals surface area contributed by atoms with Crippen LogP contribution in [-0.2, 0) is 22.5 Å². The standard InChI is InChI=1S/C21H25N3O4/c1-13-5-2-3-6-16(13)23-19(25)12-28-21(27)14-8-9-15-17(11-14)22-18-7-4-10-24(18)20(15)26/h8-9,11,13,16H,2-7,10,12H2,1H3,(H,23,25)/t13-,16+/m0/s1. The maximum absolute atomic E-state index is 12.5. The van der Waals surface area contributed by atoms with Crippen LogP contribution in [0.2, 0.25) is 0 Å². The van der Waals surface area contributed by atoms with E-state index in [2.05, 4.69) is 17.2 Å². The van der Waals surface area contributed by atoms with E-state index in [9.17, 15) is 14.4 Å². The van der Waals surface area contributed by atoms with Gasteiger partial charge < -0.3 is 10.1 Å². The van der Waals surface area contributed by atoms with Gasteiger partial charge >= 0.3 is 5.97 Å². The van der Waals surface area contributed by atoms with Crippen molar-refractivity contribution >= 4 is 22.8 Å². The van der Waals surface area contributed by atoms with Gasteiger partial charge in [0.05, 0.1) is 16.5 Å². The van der Waals surface area contributed by atoms with Crippen molar-refractivity contribution in [3.05, 3.63) is 39.9 Å². The van der Waals surface area contributed by atoms with Crippen LogP contribution in [0.25, 0.3) is 10.9 Å². The summed E-state index contributed by atoms with van der Waals surface area (Å²) < 4.78 is 6.87. The minimum Gasteiger partial charge on any atom is -0.452 e. The first-order valence-corrected chi connectivity index (χ1v) is 10.0. The third-order valence-electron chi connectivity index (χ3n) is 5.84. The smallest absolute Gasteiger partial charge is 0.338 e. The van der Waals surface area contributed by atoms with Crippen LogP contribution in [0.3, 0.4) is 0 Å². The molecule has 2 atom stereocenters. The summed E-state index contributed by atoms with van der Waals surface area (Å²) in [6.45, 7) is 2.52. The zero-order valence-corrected chi connectivity index (χ0v) is 16.1. The molecular weight excluding hydrogens is 358 g/mol. The van der Waals surface area contributed by atoms with Gasteiger partial charge in [0.25, 0.3) is 11.5 Å². The molecule has 4 rings (SSSR count). The predicted octanol–water partition coefficient (Wildman–Crippen LogP) is 2.19. The zero-order valence-electron chi connectivity index (χ0n) is 16.1. The molecule has 0 bridgehead atoms. The van der Waals surface area contributed by atoms with Gasteiger partial charge in [-0.25, -0.2) is 9.78 Å². The molecule has 1 aromatic carbocycles. The molecule has 7 heteroatoms. The third-order valence-corrected chi connectivity index (χ3v) is 5.84. The summed E-state index contributed by atoms with van der Waals surface area (Å²) in [5, 5.41) is 3.46. The number of rotatable bonds is 4. The fourth-order valence-electron chi connectivity index (χ4n) is 4.20. The van der Waals surface area contributed by atoms with Gasteiger partial charge in [0.15, 0.2) is 6.61 Å². The second kappa shape index (κ2) is 7.73. The highest BCUT2D eigenvalue weighted by atomic mass is 16.5. The first kappa shape index (κ1) is 18.7. The number of carbonyl (C=O) groups is 2. The van der Waals surface area contributed by atoms with Crippen molar-refractivity contribution in [3.8, 4) is 0 Å². The Balaban J connectivity index is 1.42. The molecule has 2 heterocycles. The minimum absolute atomic E-state index is 0.0709. The first-order valence-electron chi connectivity index (χ1n) is 10.0. The van der Waals surface area contributed by atoms with Gasteiger partial charge in [-0.3, -0.25) is 14.2 Å². The summed E-state index contributed by atoms with van der Waals surface area (Å²) in [6, 6.07) is 4.88. The summed E-state index contributed by atoms with van der Waals surface area (Å²) in [5.74, 6) is 0.336. The van der Waals surface area contributed by atoms with E-state index in [0.717, 1.165) is 37.9 Å². The van der Waals surface area contributed by atoms with Gasteiger partial charge in [-0.05, 0) is 43.4 Å². The molecule has 28 heavy (non-hydrogen) atoms. The van der Waals surface area contributed by atoms with Crippen LogP contribution in [0.15, 0.2) is 23.0 Å². The van der Waals surface area contributed by atoms with Crippen LogP contribution in [0.4, 0.5) is 0 Å². The SMILES string of the molecule is C[C@H]1CCCC[C@H]1NC(=O)COC(=O)c1ccc2c(=O)n3c(nc2c1)CCC3. The normalized spacial score (nSPS) is 21.3. The minimum atomic E-state index is -0.587. The van der Waals surface area contributed by atoms with Crippen molar-refractivity contribution in [2.24, 2.45) is 5.92 Å². The number of ether oxygens (including phenoxy) is 1. The molecular formula is C21H25N3O4. The fraction of sp³-hybridized carbons (Fsp3) is 0.524. The molecule has 1 saturated carbocycles. The number of aromatic nitrogens is 2. The lowest BCUT2D eigenvalue weighted by atomic mass is 9.86. The lowest BCUT2D eigenvalue weighted by Crippen LogP contribution is -2.42. The summed E-state index contributed by atoms with van der Waals surface area (Å²) >= 11 is 0. The van der Waals surface area contributed by atoms with Crippen LogP contribution >= 0.6 is 0 Å². The molecule has 0 saturated heterocycles. The largest absolute Gasteiger partial charge is 0.452 e. The van der Waals surface area contributed by atoms with Crippen molar-refractivity contribution in [3.63, 3.8) is 0 Å².